The van der Waals surface area contributed by atoms with Crippen LogP contribution in [-0.2, 0) is 21.5 Å². The predicted octanol–water partition coefficient (Wildman–Crippen LogP) is 4.87. The molecule has 0 aromatic heterocycles. The highest BCUT2D eigenvalue weighted by Crippen LogP contribution is 2.26. The monoisotopic (exact) mass is 370 g/mol. The van der Waals surface area contributed by atoms with Crippen LogP contribution in [0.25, 0.3) is 0 Å². The maximum Gasteiger partial charge on any atom is 0.277 e. The molecule has 0 atom stereocenters. The van der Waals surface area contributed by atoms with Crippen molar-refractivity contribution < 1.29 is 14.7 Å². The molecule has 0 bridgehead atoms. The van der Waals surface area contributed by atoms with E-state index >= 15 is 0 Å². The van der Waals surface area contributed by atoms with Gasteiger partial charge in [-0.05, 0) is 54.7 Å². The third-order valence-corrected chi connectivity index (χ3v) is 4.56. The maximum atomic E-state index is 12.2. The number of ether oxygens (including phenoxy) is 1. The first-order chi connectivity index (χ1) is 12.5. The van der Waals surface area contributed by atoms with Crippen molar-refractivity contribution in [3.05, 3.63) is 59.7 Å². The minimum atomic E-state index is -1.06. The van der Waals surface area contributed by atoms with Crippen molar-refractivity contribution >= 4 is 17.3 Å². The molecule has 0 fully saturated rings. The van der Waals surface area contributed by atoms with Crippen molar-refractivity contribution in [1.29, 1.82) is 0 Å². The van der Waals surface area contributed by atoms with Gasteiger partial charge in [-0.25, -0.2) is 5.06 Å². The summed E-state index contributed by atoms with van der Waals surface area (Å²) in [6.07, 6.45) is 0. The molecule has 0 spiro atoms. The fourth-order valence-corrected chi connectivity index (χ4v) is 2.57. The molecule has 0 heterocycles. The van der Waals surface area contributed by atoms with Gasteiger partial charge >= 0.3 is 0 Å². The lowest BCUT2D eigenvalue weighted by Gasteiger charge is -2.26. The summed E-state index contributed by atoms with van der Waals surface area (Å²) in [6.45, 7) is 9.91. The van der Waals surface area contributed by atoms with E-state index in [1.165, 1.54) is 12.7 Å². The number of nitrogens with zero attached hydrogens (tertiary/aromatic N) is 1. The Labute approximate surface area is 161 Å². The molecule has 5 heteroatoms. The highest BCUT2D eigenvalue weighted by Gasteiger charge is 2.31. The van der Waals surface area contributed by atoms with Gasteiger partial charge in [0.05, 0.1) is 6.54 Å². The van der Waals surface area contributed by atoms with E-state index in [4.69, 9.17) is 4.74 Å². The van der Waals surface area contributed by atoms with Gasteiger partial charge in [-0.3, -0.25) is 10.0 Å². The summed E-state index contributed by atoms with van der Waals surface area (Å²) in [6, 6.07) is 16.0. The molecule has 0 unspecified atom stereocenters. The molecule has 27 heavy (non-hydrogen) atoms. The quantitative estimate of drug-likeness (QED) is 0.562. The van der Waals surface area contributed by atoms with Crippen LogP contribution < -0.4 is 5.32 Å². The molecule has 2 aromatic carbocycles. The molecule has 0 saturated carbocycles. The Hall–Kier alpha value is -2.37. The minimum Gasteiger partial charge on any atom is -0.369 e. The summed E-state index contributed by atoms with van der Waals surface area (Å²) >= 11 is 0. The largest absolute Gasteiger partial charge is 0.369 e. The normalized spacial score (nSPS) is 12.0. The van der Waals surface area contributed by atoms with E-state index in [-0.39, 0.29) is 12.0 Å². The molecule has 1 amide bonds. The van der Waals surface area contributed by atoms with Gasteiger partial charge in [-0.15, -0.1) is 0 Å². The lowest BCUT2D eigenvalue weighted by Crippen LogP contribution is -2.44. The van der Waals surface area contributed by atoms with Gasteiger partial charge in [-0.2, -0.15) is 0 Å². The number of carbonyl (C=O) groups excluding carboxylic acids is 1. The second kappa shape index (κ2) is 8.11. The summed E-state index contributed by atoms with van der Waals surface area (Å²) in [5.41, 5.74) is 3.09. The van der Waals surface area contributed by atoms with Gasteiger partial charge in [0.2, 0.25) is 0 Å². The van der Waals surface area contributed by atoms with Crippen LogP contribution in [0.5, 0.6) is 0 Å². The number of benzene rings is 2. The molecule has 0 aliphatic heterocycles. The number of amides is 1. The number of methoxy groups -OCH3 is 1. The van der Waals surface area contributed by atoms with E-state index in [0.717, 1.165) is 16.9 Å². The first kappa shape index (κ1) is 20.9. The first-order valence-electron chi connectivity index (χ1n) is 9.05. The van der Waals surface area contributed by atoms with E-state index in [0.29, 0.717) is 5.06 Å². The zero-order valence-corrected chi connectivity index (χ0v) is 17.0. The summed E-state index contributed by atoms with van der Waals surface area (Å²) in [5.74, 6) is -0.480. The molecule has 5 nitrogen and oxygen atoms in total. The number of rotatable bonds is 6. The lowest BCUT2D eigenvalue weighted by molar-refractivity contribution is -0.187. The highest BCUT2D eigenvalue weighted by atomic mass is 16.5. The molecule has 2 aromatic rings. The van der Waals surface area contributed by atoms with Crippen molar-refractivity contribution in [3.8, 4) is 0 Å². The highest BCUT2D eigenvalue weighted by molar-refractivity contribution is 5.83. The summed E-state index contributed by atoms with van der Waals surface area (Å²) < 4.78 is 5.12. The van der Waals surface area contributed by atoms with Crippen LogP contribution in [0, 0.1) is 0 Å². The summed E-state index contributed by atoms with van der Waals surface area (Å²) in [7, 11) is 1.45. The Morgan fingerprint density at radius 2 is 1.67 bits per heavy atom. The van der Waals surface area contributed by atoms with Crippen LogP contribution >= 0.6 is 0 Å². The van der Waals surface area contributed by atoms with Crippen molar-refractivity contribution in [2.24, 2.45) is 0 Å². The number of hydrogen-bond donors (Lipinski definition) is 2. The van der Waals surface area contributed by atoms with Crippen LogP contribution in [0.4, 0.5) is 11.4 Å². The Kier molecular flexibility index (Phi) is 6.29. The summed E-state index contributed by atoms with van der Waals surface area (Å²) in [4.78, 5) is 12.2. The second-order valence-corrected chi connectivity index (χ2v) is 8.23. The van der Waals surface area contributed by atoms with Crippen molar-refractivity contribution in [2.75, 3.05) is 12.4 Å². The molecule has 2 rings (SSSR count). The zero-order valence-electron chi connectivity index (χ0n) is 17.0. The van der Waals surface area contributed by atoms with Crippen LogP contribution in [0.15, 0.2) is 48.5 Å². The standard InChI is InChI=1S/C22H30N2O3/c1-21(2,3)17-8-7-9-19(14-17)23-18-12-10-16(11-13-18)15-24(26)20(25)22(4,5)27-6/h7-14,23,26H,15H2,1-6H3. The van der Waals surface area contributed by atoms with Crippen LogP contribution in [0.1, 0.15) is 45.7 Å². The van der Waals surface area contributed by atoms with Crippen molar-refractivity contribution in [1.82, 2.24) is 5.06 Å². The second-order valence-electron chi connectivity index (χ2n) is 8.23. The maximum absolute atomic E-state index is 12.2. The summed E-state index contributed by atoms with van der Waals surface area (Å²) in [5, 5.41) is 14.1. The van der Waals surface area contributed by atoms with Gasteiger partial charge in [0.15, 0.2) is 0 Å². The van der Waals surface area contributed by atoms with E-state index in [1.807, 2.05) is 36.4 Å². The predicted molar refractivity (Wildman–Crippen MR) is 108 cm³/mol. The average molecular weight is 370 g/mol. The average Bonchev–Trinajstić information content (AvgIpc) is 2.62. The Morgan fingerprint density at radius 3 is 2.22 bits per heavy atom. The molecule has 0 aliphatic rings. The van der Waals surface area contributed by atoms with E-state index in [2.05, 4.69) is 38.2 Å². The van der Waals surface area contributed by atoms with Crippen LogP contribution in [0.3, 0.4) is 0 Å². The Morgan fingerprint density at radius 1 is 1.04 bits per heavy atom. The zero-order chi connectivity index (χ0) is 20.2. The number of anilines is 2. The third-order valence-electron chi connectivity index (χ3n) is 4.56. The molecular formula is C22H30N2O3. The third kappa shape index (κ3) is 5.55. The Balaban J connectivity index is 2.05. The molecular weight excluding hydrogens is 340 g/mol. The fourth-order valence-electron chi connectivity index (χ4n) is 2.57. The Bertz CT molecular complexity index is 777. The first-order valence-corrected chi connectivity index (χ1v) is 9.05. The van der Waals surface area contributed by atoms with Crippen LogP contribution in [0.2, 0.25) is 0 Å². The number of carbonyl (C=O) groups is 1. The van der Waals surface area contributed by atoms with Crippen molar-refractivity contribution in [2.45, 2.75) is 52.2 Å². The minimum absolute atomic E-state index is 0.0919. The van der Waals surface area contributed by atoms with Gasteiger partial charge in [0.25, 0.3) is 5.91 Å². The molecule has 146 valence electrons. The van der Waals surface area contributed by atoms with Crippen LogP contribution in [-0.4, -0.2) is 28.9 Å². The molecule has 0 saturated heterocycles. The number of hydrogen-bond acceptors (Lipinski definition) is 4. The van der Waals surface area contributed by atoms with Gasteiger partial charge in [0.1, 0.15) is 5.60 Å². The SMILES string of the molecule is COC(C)(C)C(=O)N(O)Cc1ccc(Nc2cccc(C(C)(C)C)c2)cc1. The van der Waals surface area contributed by atoms with Gasteiger partial charge in [-0.1, -0.05) is 45.0 Å². The fraction of sp³-hybridized carbons (Fsp3) is 0.409. The van der Waals surface area contributed by atoms with Gasteiger partial charge < -0.3 is 10.1 Å². The van der Waals surface area contributed by atoms with Gasteiger partial charge in [0, 0.05) is 18.5 Å². The molecule has 0 aliphatic carbocycles. The van der Waals surface area contributed by atoms with E-state index in [9.17, 15) is 10.0 Å². The molecule has 2 N–H and O–H groups in total. The van der Waals surface area contributed by atoms with Crippen molar-refractivity contribution in [3.63, 3.8) is 0 Å². The number of nitrogens with one attached hydrogen (secondary N) is 1. The molecule has 0 radical (unpaired) electrons. The number of hydroxylamine groups is 2. The van der Waals surface area contributed by atoms with E-state index < -0.39 is 11.5 Å². The van der Waals surface area contributed by atoms with E-state index in [1.54, 1.807) is 13.8 Å². The lowest BCUT2D eigenvalue weighted by atomic mass is 9.87. The smallest absolute Gasteiger partial charge is 0.277 e. The topological polar surface area (TPSA) is 61.8 Å².